The molecule has 2 N–H and O–H groups in total. The summed E-state index contributed by atoms with van der Waals surface area (Å²) in [5.41, 5.74) is -0.625. The molecule has 1 aromatic carbocycles. The average Bonchev–Trinajstić information content (AvgIpc) is 2.38. The highest BCUT2D eigenvalue weighted by Gasteiger charge is 2.34. The minimum atomic E-state index is -4.59. The van der Waals surface area contributed by atoms with Crippen LogP contribution in [0.5, 0.6) is 5.75 Å². The predicted molar refractivity (Wildman–Crippen MR) is 72.7 cm³/mol. The number of rotatable bonds is 5. The molecule has 1 aromatic rings. The van der Waals surface area contributed by atoms with Crippen molar-refractivity contribution in [2.45, 2.75) is 19.6 Å². The molecule has 1 rings (SSSR count). The van der Waals surface area contributed by atoms with Crippen molar-refractivity contribution in [3.05, 3.63) is 29.3 Å². The highest BCUT2D eigenvalue weighted by molar-refractivity contribution is 5.78. The Morgan fingerprint density at radius 3 is 2.57 bits per heavy atom. The summed E-state index contributed by atoms with van der Waals surface area (Å²) in [5.74, 6) is -1.17. The van der Waals surface area contributed by atoms with Gasteiger partial charge in [0.2, 0.25) is 5.91 Å². The topological polar surface area (TPSA) is 52.6 Å². The van der Waals surface area contributed by atoms with Crippen LogP contribution >= 0.6 is 0 Å². The first-order valence-corrected chi connectivity index (χ1v) is 6.44. The zero-order valence-corrected chi connectivity index (χ0v) is 12.2. The van der Waals surface area contributed by atoms with Gasteiger partial charge < -0.3 is 15.3 Å². The van der Waals surface area contributed by atoms with E-state index in [0.717, 1.165) is 12.1 Å². The molecule has 0 radical (unpaired) electrons. The van der Waals surface area contributed by atoms with E-state index in [1.165, 1.54) is 13.1 Å². The molecule has 7 heteroatoms. The molecule has 4 nitrogen and oxygen atoms in total. The van der Waals surface area contributed by atoms with Crippen molar-refractivity contribution in [3.8, 4) is 5.75 Å². The number of benzene rings is 1. The molecule has 0 bridgehead atoms. The quantitative estimate of drug-likeness (QED) is 0.877. The lowest BCUT2D eigenvalue weighted by atomic mass is 10.1. The van der Waals surface area contributed by atoms with Crippen LogP contribution in [0.1, 0.15) is 18.1 Å². The summed E-state index contributed by atoms with van der Waals surface area (Å²) in [6.07, 6.45) is -4.59. The number of nitrogens with zero attached hydrogens (tertiary/aromatic N) is 1. The van der Waals surface area contributed by atoms with Gasteiger partial charge in [0.15, 0.2) is 0 Å². The molecule has 0 heterocycles. The number of halogens is 3. The van der Waals surface area contributed by atoms with Crippen LogP contribution in [0.15, 0.2) is 18.2 Å². The van der Waals surface area contributed by atoms with Gasteiger partial charge in [0.05, 0.1) is 5.56 Å². The van der Waals surface area contributed by atoms with E-state index in [-0.39, 0.29) is 18.4 Å². The molecule has 1 atom stereocenters. The van der Waals surface area contributed by atoms with E-state index in [1.54, 1.807) is 18.9 Å². The van der Waals surface area contributed by atoms with Crippen molar-refractivity contribution < 1.29 is 23.1 Å². The molecular weight excluding hydrogens is 285 g/mol. The molecule has 0 aliphatic rings. The number of hydrogen-bond acceptors (Lipinski definition) is 3. The van der Waals surface area contributed by atoms with Gasteiger partial charge in [0.25, 0.3) is 0 Å². The lowest BCUT2D eigenvalue weighted by Crippen LogP contribution is -2.34. The van der Waals surface area contributed by atoms with E-state index in [0.29, 0.717) is 12.1 Å². The predicted octanol–water partition coefficient (Wildman–Crippen LogP) is 2.22. The summed E-state index contributed by atoms with van der Waals surface area (Å²) in [7, 11) is 3.26. The summed E-state index contributed by atoms with van der Waals surface area (Å²) in [6, 6.07) is 3.40. The molecule has 118 valence electrons. The van der Waals surface area contributed by atoms with Gasteiger partial charge in [-0.05, 0) is 24.7 Å². The number of carbonyl (C=O) groups excluding carboxylic acids is 1. The van der Waals surface area contributed by atoms with Crippen molar-refractivity contribution in [2.24, 2.45) is 5.92 Å². The Kier molecular flexibility index (Phi) is 5.60. The molecule has 0 fully saturated rings. The molecule has 1 amide bonds. The van der Waals surface area contributed by atoms with Crippen molar-refractivity contribution in [3.63, 3.8) is 0 Å². The van der Waals surface area contributed by atoms with Crippen molar-refractivity contribution in [1.29, 1.82) is 0 Å². The summed E-state index contributed by atoms with van der Waals surface area (Å²) < 4.78 is 38.1. The fraction of sp³-hybridized carbons (Fsp3) is 0.500. The standard InChI is InChI=1S/C14H19F3N2O2/c1-9(13(21)18-2)7-19(3)8-10-4-5-12(20)11(6-10)14(15,16)17/h4-6,9,20H,7-8H2,1-3H3,(H,18,21). The second-order valence-electron chi connectivity index (χ2n) is 5.06. The van der Waals surface area contributed by atoms with Crippen LogP contribution in [0.25, 0.3) is 0 Å². The lowest BCUT2D eigenvalue weighted by molar-refractivity contribution is -0.138. The van der Waals surface area contributed by atoms with Gasteiger partial charge in [-0.3, -0.25) is 4.79 Å². The first-order valence-electron chi connectivity index (χ1n) is 6.44. The number of amides is 1. The highest BCUT2D eigenvalue weighted by atomic mass is 19.4. The third-order valence-electron chi connectivity index (χ3n) is 3.10. The third kappa shape index (κ3) is 4.93. The van der Waals surface area contributed by atoms with Crippen LogP contribution < -0.4 is 5.32 Å². The molecule has 0 saturated carbocycles. The van der Waals surface area contributed by atoms with E-state index in [4.69, 9.17) is 0 Å². The maximum absolute atomic E-state index is 12.7. The van der Waals surface area contributed by atoms with E-state index in [9.17, 15) is 23.1 Å². The Bertz CT molecular complexity index is 503. The van der Waals surface area contributed by atoms with Crippen LogP contribution in [0, 0.1) is 5.92 Å². The molecule has 21 heavy (non-hydrogen) atoms. The zero-order valence-electron chi connectivity index (χ0n) is 12.2. The Morgan fingerprint density at radius 2 is 2.05 bits per heavy atom. The molecule has 0 aliphatic carbocycles. The van der Waals surface area contributed by atoms with E-state index in [2.05, 4.69) is 5.32 Å². The second-order valence-corrected chi connectivity index (χ2v) is 5.06. The SMILES string of the molecule is CNC(=O)C(C)CN(C)Cc1ccc(O)c(C(F)(F)F)c1. The molecule has 0 saturated heterocycles. The average molecular weight is 304 g/mol. The Balaban J connectivity index is 2.77. The van der Waals surface area contributed by atoms with Gasteiger partial charge in [-0.15, -0.1) is 0 Å². The van der Waals surface area contributed by atoms with Crippen LogP contribution in [0.2, 0.25) is 0 Å². The Hall–Kier alpha value is -1.76. The van der Waals surface area contributed by atoms with E-state index >= 15 is 0 Å². The van der Waals surface area contributed by atoms with Crippen LogP contribution in [-0.2, 0) is 17.5 Å². The second kappa shape index (κ2) is 6.80. The minimum absolute atomic E-state index is 0.122. The minimum Gasteiger partial charge on any atom is -0.507 e. The van der Waals surface area contributed by atoms with Gasteiger partial charge in [-0.1, -0.05) is 13.0 Å². The van der Waals surface area contributed by atoms with Crippen LogP contribution in [0.3, 0.4) is 0 Å². The number of hydrogen-bond donors (Lipinski definition) is 2. The van der Waals surface area contributed by atoms with Gasteiger partial charge in [0, 0.05) is 26.1 Å². The molecular formula is C14H19F3N2O2. The highest BCUT2D eigenvalue weighted by Crippen LogP contribution is 2.36. The van der Waals surface area contributed by atoms with Crippen LogP contribution in [0.4, 0.5) is 13.2 Å². The summed E-state index contributed by atoms with van der Waals surface area (Å²) in [6.45, 7) is 2.42. The first kappa shape index (κ1) is 17.3. The Morgan fingerprint density at radius 1 is 1.43 bits per heavy atom. The number of nitrogens with one attached hydrogen (secondary N) is 1. The number of aromatic hydroxyl groups is 1. The molecule has 1 unspecified atom stereocenters. The lowest BCUT2D eigenvalue weighted by Gasteiger charge is -2.21. The maximum Gasteiger partial charge on any atom is 0.419 e. The molecule has 0 spiro atoms. The fourth-order valence-electron chi connectivity index (χ4n) is 2.08. The number of phenols is 1. The van der Waals surface area contributed by atoms with Gasteiger partial charge >= 0.3 is 6.18 Å². The third-order valence-corrected chi connectivity index (χ3v) is 3.10. The monoisotopic (exact) mass is 304 g/mol. The van der Waals surface area contributed by atoms with Crippen molar-refractivity contribution >= 4 is 5.91 Å². The van der Waals surface area contributed by atoms with Gasteiger partial charge in [0.1, 0.15) is 5.75 Å². The van der Waals surface area contributed by atoms with Crippen molar-refractivity contribution in [1.82, 2.24) is 10.2 Å². The van der Waals surface area contributed by atoms with Crippen LogP contribution in [-0.4, -0.2) is 36.6 Å². The summed E-state index contributed by atoms with van der Waals surface area (Å²) in [5, 5.41) is 11.8. The zero-order chi connectivity index (χ0) is 16.2. The molecule has 0 aromatic heterocycles. The first-order chi connectivity index (χ1) is 9.65. The fourth-order valence-corrected chi connectivity index (χ4v) is 2.08. The number of carbonyl (C=O) groups is 1. The maximum atomic E-state index is 12.7. The number of phenolic OH excluding ortho intramolecular Hbond substituents is 1. The van der Waals surface area contributed by atoms with Crippen molar-refractivity contribution in [2.75, 3.05) is 20.6 Å². The summed E-state index contributed by atoms with van der Waals surface area (Å²) >= 11 is 0. The Labute approximate surface area is 121 Å². The van der Waals surface area contributed by atoms with E-state index in [1.807, 2.05) is 0 Å². The number of alkyl halides is 3. The van der Waals surface area contributed by atoms with E-state index < -0.39 is 17.5 Å². The van der Waals surface area contributed by atoms with Gasteiger partial charge in [-0.25, -0.2) is 0 Å². The summed E-state index contributed by atoms with van der Waals surface area (Å²) in [4.78, 5) is 13.2. The molecule has 0 aliphatic heterocycles. The van der Waals surface area contributed by atoms with Gasteiger partial charge in [-0.2, -0.15) is 13.2 Å². The smallest absolute Gasteiger partial charge is 0.419 e. The normalized spacial score (nSPS) is 13.3. The largest absolute Gasteiger partial charge is 0.507 e.